The van der Waals surface area contributed by atoms with Crippen LogP contribution in [0.5, 0.6) is 5.75 Å². The Balaban J connectivity index is 2.60. The Kier molecular flexibility index (Phi) is 5.37. The molecular weight excluding hydrogens is 296 g/mol. The molecule has 0 bridgehead atoms. The normalized spacial score (nSPS) is 12.4. The summed E-state index contributed by atoms with van der Waals surface area (Å²) >= 11 is 0. The van der Waals surface area contributed by atoms with E-state index in [1.54, 1.807) is 0 Å². The molecule has 118 valence electrons. The van der Waals surface area contributed by atoms with Crippen molar-refractivity contribution in [2.75, 3.05) is 6.61 Å². The lowest BCUT2D eigenvalue weighted by atomic mass is 9.96. The third-order valence-corrected chi connectivity index (χ3v) is 5.75. The minimum atomic E-state index is -1.28. The molecule has 0 heterocycles. The zero-order valence-corrected chi connectivity index (χ0v) is 14.0. The van der Waals surface area contributed by atoms with Crippen molar-refractivity contribution < 1.29 is 14.4 Å². The number of benzene rings is 2. The van der Waals surface area contributed by atoms with Gasteiger partial charge in [0.15, 0.2) is 0 Å². The predicted molar refractivity (Wildman–Crippen MR) is 88.8 cm³/mol. The van der Waals surface area contributed by atoms with Gasteiger partial charge in [-0.2, -0.15) is 0 Å². The molecule has 0 spiro atoms. The summed E-state index contributed by atoms with van der Waals surface area (Å²) in [5, 5.41) is 19.4. The molecule has 4 heteroatoms. The number of aromatic hydroxyl groups is 1. The Hall–Kier alpha value is -1.65. The van der Waals surface area contributed by atoms with Crippen molar-refractivity contribution in [1.29, 1.82) is 0 Å². The zero-order valence-electron chi connectivity index (χ0n) is 13.2. The number of rotatable bonds is 5. The van der Waals surface area contributed by atoms with E-state index in [9.17, 15) is 9.32 Å². The average Bonchev–Trinajstić information content (AvgIpc) is 2.53. The molecule has 0 saturated carbocycles. The van der Waals surface area contributed by atoms with Crippen molar-refractivity contribution in [3.8, 4) is 5.75 Å². The Morgan fingerprint density at radius 2 is 1.64 bits per heavy atom. The van der Waals surface area contributed by atoms with Gasteiger partial charge in [0.2, 0.25) is 0 Å². The first kappa shape index (κ1) is 16.7. The van der Waals surface area contributed by atoms with Crippen LogP contribution in [0.4, 0.5) is 0 Å². The van der Waals surface area contributed by atoms with Gasteiger partial charge in [-0.25, -0.2) is 4.21 Å². The highest BCUT2D eigenvalue weighted by molar-refractivity contribution is 7.85. The lowest BCUT2D eigenvalue weighted by molar-refractivity contribution is 0.288. The molecule has 3 nitrogen and oxygen atoms in total. The number of phenolic OH excluding ortho intramolecular Hbond substituents is 1. The van der Waals surface area contributed by atoms with E-state index < -0.39 is 10.8 Å². The summed E-state index contributed by atoms with van der Waals surface area (Å²) in [4.78, 5) is 1.53. The summed E-state index contributed by atoms with van der Waals surface area (Å²) in [5.74, 6) is 0.261. The Morgan fingerprint density at radius 3 is 2.23 bits per heavy atom. The highest BCUT2D eigenvalue weighted by Gasteiger charge is 2.21. The molecular formula is C18H22O3S. The van der Waals surface area contributed by atoms with E-state index >= 15 is 0 Å². The van der Waals surface area contributed by atoms with Crippen LogP contribution in [0.3, 0.4) is 0 Å². The van der Waals surface area contributed by atoms with Crippen LogP contribution in [-0.2, 0) is 17.2 Å². The zero-order chi connectivity index (χ0) is 16.3. The molecule has 0 aliphatic rings. The quantitative estimate of drug-likeness (QED) is 0.888. The number of aliphatic hydroxyl groups is 1. The maximum Gasteiger partial charge on any atom is 0.122 e. The summed E-state index contributed by atoms with van der Waals surface area (Å²) in [6, 6.07) is 9.35. The van der Waals surface area contributed by atoms with E-state index in [0.717, 1.165) is 32.0 Å². The maximum atomic E-state index is 13.0. The van der Waals surface area contributed by atoms with Crippen LogP contribution in [-0.4, -0.2) is 21.0 Å². The Bertz CT molecular complexity index is 693. The van der Waals surface area contributed by atoms with Gasteiger partial charge in [0.05, 0.1) is 15.7 Å². The first-order chi connectivity index (χ1) is 10.5. The number of hydrogen-bond acceptors (Lipinski definition) is 3. The fourth-order valence-corrected chi connectivity index (χ4v) is 4.14. The van der Waals surface area contributed by atoms with Crippen LogP contribution in [0, 0.1) is 20.8 Å². The standard InChI is InChI=1S/C18H22O3S/c1-12-13(2)18(22(21)15-8-5-4-6-9-15)14(3)16(17(12)20)10-7-11-19/h4-6,8-9,19-20H,7,10-11H2,1-3H3. The van der Waals surface area contributed by atoms with Crippen molar-refractivity contribution in [3.05, 3.63) is 52.6 Å². The van der Waals surface area contributed by atoms with Crippen LogP contribution in [0.2, 0.25) is 0 Å². The van der Waals surface area contributed by atoms with Gasteiger partial charge in [-0.1, -0.05) is 18.2 Å². The Morgan fingerprint density at radius 1 is 1.00 bits per heavy atom. The van der Waals surface area contributed by atoms with E-state index in [1.807, 2.05) is 51.1 Å². The van der Waals surface area contributed by atoms with Gasteiger partial charge in [0.1, 0.15) is 5.75 Å². The van der Waals surface area contributed by atoms with Gasteiger partial charge in [0, 0.05) is 11.5 Å². The van der Waals surface area contributed by atoms with E-state index in [2.05, 4.69) is 0 Å². The van der Waals surface area contributed by atoms with Crippen LogP contribution in [0.25, 0.3) is 0 Å². The first-order valence-electron chi connectivity index (χ1n) is 7.38. The fourth-order valence-electron chi connectivity index (χ4n) is 2.67. The lowest BCUT2D eigenvalue weighted by Crippen LogP contribution is -2.06. The number of aliphatic hydroxyl groups excluding tert-OH is 1. The summed E-state index contributed by atoms with van der Waals surface area (Å²) in [6.07, 6.45) is 1.16. The third kappa shape index (κ3) is 3.08. The largest absolute Gasteiger partial charge is 0.507 e. The van der Waals surface area contributed by atoms with Crippen LogP contribution >= 0.6 is 0 Å². The highest BCUT2D eigenvalue weighted by atomic mass is 32.2. The molecule has 0 radical (unpaired) electrons. The van der Waals surface area contributed by atoms with Gasteiger partial charge in [-0.3, -0.25) is 0 Å². The molecule has 0 saturated heterocycles. The fraction of sp³-hybridized carbons (Fsp3) is 0.333. The second-order valence-electron chi connectivity index (χ2n) is 5.44. The van der Waals surface area contributed by atoms with Crippen molar-refractivity contribution >= 4 is 10.8 Å². The molecule has 0 aliphatic carbocycles. The molecule has 0 fully saturated rings. The topological polar surface area (TPSA) is 57.5 Å². The van der Waals surface area contributed by atoms with Gasteiger partial charge >= 0.3 is 0 Å². The monoisotopic (exact) mass is 318 g/mol. The van der Waals surface area contributed by atoms with E-state index in [-0.39, 0.29) is 12.4 Å². The number of phenols is 1. The molecule has 2 aromatic rings. The van der Waals surface area contributed by atoms with Gasteiger partial charge in [-0.05, 0) is 68.0 Å². The molecule has 0 aromatic heterocycles. The molecule has 1 atom stereocenters. The second-order valence-corrected chi connectivity index (χ2v) is 6.86. The highest BCUT2D eigenvalue weighted by Crippen LogP contribution is 2.36. The molecule has 1 unspecified atom stereocenters. The second kappa shape index (κ2) is 7.07. The Labute approximate surface area is 134 Å². The SMILES string of the molecule is Cc1c(C)c(S(=O)c2ccccc2)c(C)c(CCCO)c1O. The van der Waals surface area contributed by atoms with E-state index in [1.165, 1.54) is 0 Å². The van der Waals surface area contributed by atoms with Gasteiger partial charge in [-0.15, -0.1) is 0 Å². The number of hydrogen-bond donors (Lipinski definition) is 2. The van der Waals surface area contributed by atoms with Crippen molar-refractivity contribution in [1.82, 2.24) is 0 Å². The smallest absolute Gasteiger partial charge is 0.122 e. The first-order valence-corrected chi connectivity index (χ1v) is 8.53. The van der Waals surface area contributed by atoms with E-state index in [0.29, 0.717) is 12.8 Å². The van der Waals surface area contributed by atoms with Crippen LogP contribution in [0.15, 0.2) is 40.1 Å². The summed E-state index contributed by atoms with van der Waals surface area (Å²) in [5.41, 5.74) is 3.27. The van der Waals surface area contributed by atoms with Crippen molar-refractivity contribution in [2.24, 2.45) is 0 Å². The summed E-state index contributed by atoms with van der Waals surface area (Å²) < 4.78 is 13.0. The molecule has 22 heavy (non-hydrogen) atoms. The molecule has 2 rings (SSSR count). The predicted octanol–water partition coefficient (Wildman–Crippen LogP) is 3.41. The van der Waals surface area contributed by atoms with Crippen LogP contribution in [0.1, 0.15) is 28.7 Å². The molecule has 2 N–H and O–H groups in total. The maximum absolute atomic E-state index is 13.0. The minimum absolute atomic E-state index is 0.0723. The third-order valence-electron chi connectivity index (χ3n) is 4.06. The molecule has 2 aromatic carbocycles. The minimum Gasteiger partial charge on any atom is -0.507 e. The van der Waals surface area contributed by atoms with Crippen molar-refractivity contribution in [3.63, 3.8) is 0 Å². The van der Waals surface area contributed by atoms with Crippen molar-refractivity contribution in [2.45, 2.75) is 43.4 Å². The molecule has 0 aliphatic heterocycles. The molecule has 0 amide bonds. The average molecular weight is 318 g/mol. The van der Waals surface area contributed by atoms with E-state index in [4.69, 9.17) is 5.11 Å². The summed E-state index contributed by atoms with van der Waals surface area (Å²) in [6.45, 7) is 5.71. The van der Waals surface area contributed by atoms with Gasteiger partial charge < -0.3 is 10.2 Å². The lowest BCUT2D eigenvalue weighted by Gasteiger charge is -2.19. The van der Waals surface area contributed by atoms with Gasteiger partial charge in [0.25, 0.3) is 0 Å². The summed E-state index contributed by atoms with van der Waals surface area (Å²) in [7, 11) is -1.28. The van der Waals surface area contributed by atoms with Crippen LogP contribution < -0.4 is 0 Å².